The van der Waals surface area contributed by atoms with Crippen molar-refractivity contribution in [1.82, 2.24) is 0 Å². The first-order valence-electron chi connectivity index (χ1n) is 6.42. The minimum atomic E-state index is -0.470. The predicted octanol–water partition coefficient (Wildman–Crippen LogP) is 3.74. The molecule has 0 heterocycles. The molecular weight excluding hydrogens is 250 g/mol. The van der Waals surface area contributed by atoms with Crippen molar-refractivity contribution in [3.63, 3.8) is 0 Å². The Morgan fingerprint density at radius 1 is 1.05 bits per heavy atom. The Hall–Kier alpha value is -2.39. The van der Waals surface area contributed by atoms with Gasteiger partial charge in [0.15, 0.2) is 0 Å². The second-order valence-corrected chi connectivity index (χ2v) is 4.61. The lowest BCUT2D eigenvalue weighted by molar-refractivity contribution is -0.118. The van der Waals surface area contributed by atoms with Gasteiger partial charge in [0.25, 0.3) is 5.91 Å². The minimum Gasteiger partial charge on any atom is -0.281 e. The van der Waals surface area contributed by atoms with Gasteiger partial charge in [-0.3, -0.25) is 10.0 Å². The molecule has 20 heavy (non-hydrogen) atoms. The van der Waals surface area contributed by atoms with Gasteiger partial charge < -0.3 is 0 Å². The number of rotatable bonds is 3. The summed E-state index contributed by atoms with van der Waals surface area (Å²) in [4.78, 5) is 12.0. The molecular formula is C17H17NO2. The maximum absolute atomic E-state index is 12.0. The monoisotopic (exact) mass is 267 g/mol. The Morgan fingerprint density at radius 2 is 1.75 bits per heavy atom. The van der Waals surface area contributed by atoms with Gasteiger partial charge in [-0.15, -0.1) is 0 Å². The summed E-state index contributed by atoms with van der Waals surface area (Å²) in [6.45, 7) is 3.82. The van der Waals surface area contributed by atoms with Crippen molar-refractivity contribution < 1.29 is 10.0 Å². The van der Waals surface area contributed by atoms with Crippen LogP contribution in [0.5, 0.6) is 0 Å². The maximum atomic E-state index is 12.0. The number of nitrogens with zero attached hydrogens (tertiary/aromatic N) is 1. The smallest absolute Gasteiger partial charge is 0.274 e. The molecule has 0 radical (unpaired) electrons. The van der Waals surface area contributed by atoms with Gasteiger partial charge in [-0.1, -0.05) is 42.5 Å². The van der Waals surface area contributed by atoms with Gasteiger partial charge in [-0.05, 0) is 42.7 Å². The van der Waals surface area contributed by atoms with E-state index in [4.69, 9.17) is 0 Å². The second kappa shape index (κ2) is 6.17. The van der Waals surface area contributed by atoms with Crippen molar-refractivity contribution in [2.75, 3.05) is 5.06 Å². The standard InChI is InChI=1S/C17H17NO2/c1-13-7-6-10-16(14(13)2)18(20)17(19)12-11-15-8-4-3-5-9-15/h3-12,20H,1-2H3/b12-11-. The number of hydrogen-bond acceptors (Lipinski definition) is 2. The first kappa shape index (κ1) is 14.0. The number of carbonyl (C=O) groups excluding carboxylic acids is 1. The summed E-state index contributed by atoms with van der Waals surface area (Å²) in [7, 11) is 0. The van der Waals surface area contributed by atoms with Crippen LogP contribution < -0.4 is 5.06 Å². The van der Waals surface area contributed by atoms with Crippen molar-refractivity contribution in [2.24, 2.45) is 0 Å². The lowest BCUT2D eigenvalue weighted by atomic mass is 10.1. The highest BCUT2D eigenvalue weighted by Crippen LogP contribution is 2.21. The van der Waals surface area contributed by atoms with Crippen LogP contribution in [-0.4, -0.2) is 11.1 Å². The summed E-state index contributed by atoms with van der Waals surface area (Å²) in [5.41, 5.74) is 3.33. The molecule has 2 rings (SSSR count). The summed E-state index contributed by atoms with van der Waals surface area (Å²) in [5, 5.41) is 10.7. The third-order valence-electron chi connectivity index (χ3n) is 3.23. The molecule has 0 fully saturated rings. The molecule has 102 valence electrons. The van der Waals surface area contributed by atoms with Gasteiger partial charge in [0.2, 0.25) is 0 Å². The van der Waals surface area contributed by atoms with Gasteiger partial charge in [-0.2, -0.15) is 5.06 Å². The molecule has 0 spiro atoms. The fourth-order valence-electron chi connectivity index (χ4n) is 1.89. The first-order chi connectivity index (χ1) is 9.59. The fourth-order valence-corrected chi connectivity index (χ4v) is 1.89. The lowest BCUT2D eigenvalue weighted by Gasteiger charge is -2.16. The van der Waals surface area contributed by atoms with Crippen LogP contribution in [0.15, 0.2) is 54.6 Å². The Kier molecular flexibility index (Phi) is 4.33. The Labute approximate surface area is 118 Å². The number of benzene rings is 2. The van der Waals surface area contributed by atoms with Crippen LogP contribution in [0.1, 0.15) is 16.7 Å². The molecule has 0 bridgehead atoms. The van der Waals surface area contributed by atoms with E-state index in [1.54, 1.807) is 12.1 Å². The number of carbonyl (C=O) groups is 1. The second-order valence-electron chi connectivity index (χ2n) is 4.61. The summed E-state index contributed by atoms with van der Waals surface area (Å²) >= 11 is 0. The van der Waals surface area contributed by atoms with Gasteiger partial charge in [0.05, 0.1) is 5.69 Å². The number of hydroxylamine groups is 1. The lowest BCUT2D eigenvalue weighted by Crippen LogP contribution is -2.25. The van der Waals surface area contributed by atoms with Crippen molar-refractivity contribution >= 4 is 17.7 Å². The number of aryl methyl sites for hydroxylation is 1. The fraction of sp³-hybridized carbons (Fsp3) is 0.118. The number of amides is 1. The summed E-state index contributed by atoms with van der Waals surface area (Å²) in [5.74, 6) is -0.470. The van der Waals surface area contributed by atoms with Crippen LogP contribution in [0.3, 0.4) is 0 Å². The van der Waals surface area contributed by atoms with Crippen molar-refractivity contribution in [2.45, 2.75) is 13.8 Å². The van der Waals surface area contributed by atoms with E-state index in [1.807, 2.05) is 56.3 Å². The summed E-state index contributed by atoms with van der Waals surface area (Å²) in [6.07, 6.45) is 3.04. The average molecular weight is 267 g/mol. The van der Waals surface area contributed by atoms with Crippen LogP contribution in [0.4, 0.5) is 5.69 Å². The highest BCUT2D eigenvalue weighted by Gasteiger charge is 2.13. The van der Waals surface area contributed by atoms with E-state index >= 15 is 0 Å². The molecule has 0 aromatic heterocycles. The topological polar surface area (TPSA) is 40.5 Å². The Bertz CT molecular complexity index is 633. The molecule has 0 unspecified atom stereocenters. The largest absolute Gasteiger partial charge is 0.281 e. The molecule has 0 saturated heterocycles. The van der Waals surface area contributed by atoms with Gasteiger partial charge in [-0.25, -0.2) is 0 Å². The highest BCUT2D eigenvalue weighted by molar-refractivity contribution is 6.02. The third kappa shape index (κ3) is 3.13. The molecule has 0 aliphatic carbocycles. The molecule has 0 atom stereocenters. The van der Waals surface area contributed by atoms with Crippen LogP contribution in [0, 0.1) is 13.8 Å². The van der Waals surface area contributed by atoms with E-state index in [0.29, 0.717) is 10.8 Å². The third-order valence-corrected chi connectivity index (χ3v) is 3.23. The van der Waals surface area contributed by atoms with E-state index < -0.39 is 5.91 Å². The molecule has 0 aliphatic rings. The van der Waals surface area contributed by atoms with E-state index in [2.05, 4.69) is 0 Å². The minimum absolute atomic E-state index is 0.470. The molecule has 2 aromatic carbocycles. The summed E-state index contributed by atoms with van der Waals surface area (Å²) < 4.78 is 0. The zero-order chi connectivity index (χ0) is 14.5. The van der Waals surface area contributed by atoms with Crippen molar-refractivity contribution in [3.05, 3.63) is 71.3 Å². The van der Waals surface area contributed by atoms with Crippen LogP contribution >= 0.6 is 0 Å². The quantitative estimate of drug-likeness (QED) is 0.523. The molecule has 0 saturated carbocycles. The van der Waals surface area contributed by atoms with Gasteiger partial charge in [0, 0.05) is 6.08 Å². The SMILES string of the molecule is Cc1cccc(N(O)C(=O)/C=C\c2ccccc2)c1C. The van der Waals surface area contributed by atoms with Crippen LogP contribution in [0.25, 0.3) is 6.08 Å². The highest BCUT2D eigenvalue weighted by atomic mass is 16.5. The zero-order valence-electron chi connectivity index (χ0n) is 11.6. The zero-order valence-corrected chi connectivity index (χ0v) is 11.6. The van der Waals surface area contributed by atoms with Crippen molar-refractivity contribution in [1.29, 1.82) is 0 Å². The maximum Gasteiger partial charge on any atom is 0.274 e. The van der Waals surface area contributed by atoms with Crippen molar-refractivity contribution in [3.8, 4) is 0 Å². The Morgan fingerprint density at radius 3 is 2.45 bits per heavy atom. The van der Waals surface area contributed by atoms with E-state index in [9.17, 15) is 10.0 Å². The first-order valence-corrected chi connectivity index (χ1v) is 6.42. The van der Waals surface area contributed by atoms with E-state index in [0.717, 1.165) is 16.7 Å². The van der Waals surface area contributed by atoms with E-state index in [1.165, 1.54) is 6.08 Å². The molecule has 1 N–H and O–H groups in total. The molecule has 2 aromatic rings. The van der Waals surface area contributed by atoms with Gasteiger partial charge >= 0.3 is 0 Å². The molecule has 0 aliphatic heterocycles. The van der Waals surface area contributed by atoms with Gasteiger partial charge in [0.1, 0.15) is 0 Å². The normalized spacial score (nSPS) is 10.8. The molecule has 3 heteroatoms. The van der Waals surface area contributed by atoms with Crippen LogP contribution in [-0.2, 0) is 4.79 Å². The molecule has 3 nitrogen and oxygen atoms in total. The molecule has 1 amide bonds. The average Bonchev–Trinajstić information content (AvgIpc) is 2.48. The summed E-state index contributed by atoms with van der Waals surface area (Å²) in [6, 6.07) is 15.0. The van der Waals surface area contributed by atoms with Crippen LogP contribution in [0.2, 0.25) is 0 Å². The number of anilines is 1. The van der Waals surface area contributed by atoms with E-state index in [-0.39, 0.29) is 0 Å². The Balaban J connectivity index is 2.17. The predicted molar refractivity (Wildman–Crippen MR) is 80.7 cm³/mol. The number of hydrogen-bond donors (Lipinski definition) is 1.